The fraction of sp³-hybridized carbons (Fsp3) is 0.214. The molecule has 1 aliphatic heterocycles. The molecular formula is C14H13Cl2N3O2S. The summed E-state index contributed by atoms with van der Waals surface area (Å²) < 4.78 is 0. The lowest BCUT2D eigenvalue weighted by atomic mass is 10.3. The molecule has 116 valence electrons. The first-order valence-electron chi connectivity index (χ1n) is 6.41. The minimum Gasteiger partial charge on any atom is -0.350 e. The molecular weight excluding hydrogens is 345 g/mol. The minimum absolute atomic E-state index is 0.00805. The summed E-state index contributed by atoms with van der Waals surface area (Å²) in [6.07, 6.45) is 1.24. The number of carbonyl (C=O) groups is 2. The van der Waals surface area contributed by atoms with Gasteiger partial charge in [-0.15, -0.1) is 0 Å². The average molecular weight is 358 g/mol. The van der Waals surface area contributed by atoms with E-state index >= 15 is 0 Å². The van der Waals surface area contributed by atoms with Gasteiger partial charge in [0.2, 0.25) is 5.91 Å². The van der Waals surface area contributed by atoms with Crippen LogP contribution in [0, 0.1) is 0 Å². The number of carbonyl (C=O) groups excluding carboxylic acids is 2. The van der Waals surface area contributed by atoms with E-state index in [0.29, 0.717) is 20.9 Å². The molecule has 8 heteroatoms. The second-order valence-electron chi connectivity index (χ2n) is 4.72. The van der Waals surface area contributed by atoms with Crippen LogP contribution in [-0.2, 0) is 9.59 Å². The Morgan fingerprint density at radius 2 is 1.95 bits per heavy atom. The van der Waals surface area contributed by atoms with Crippen LogP contribution in [0.1, 0.15) is 13.8 Å². The number of amidine groups is 1. The number of aliphatic imine (C=N–C) groups is 1. The maximum absolute atomic E-state index is 11.8. The van der Waals surface area contributed by atoms with Gasteiger partial charge in [0.25, 0.3) is 5.91 Å². The summed E-state index contributed by atoms with van der Waals surface area (Å²) in [5.74, 6) is -0.812. The van der Waals surface area contributed by atoms with Crippen molar-refractivity contribution in [2.75, 3.05) is 5.32 Å². The van der Waals surface area contributed by atoms with Crippen molar-refractivity contribution in [3.05, 3.63) is 39.2 Å². The molecule has 1 aromatic rings. The summed E-state index contributed by atoms with van der Waals surface area (Å²) in [6, 6.07) is 5.05. The van der Waals surface area contributed by atoms with Crippen molar-refractivity contribution >= 4 is 57.6 Å². The number of benzene rings is 1. The van der Waals surface area contributed by atoms with E-state index in [1.807, 2.05) is 13.8 Å². The highest BCUT2D eigenvalue weighted by atomic mass is 35.5. The third-order valence-corrected chi connectivity index (χ3v) is 4.04. The Labute approximate surface area is 142 Å². The predicted octanol–water partition coefficient (Wildman–Crippen LogP) is 3.44. The standard InChI is InChI=1S/C14H13Cl2N3O2S/c1-7(2)17-11(20)6-10-13(21)19-14(22-10)18-12-8(15)4-3-5-9(12)16/h3-7H,1-2H3,(H,17,20)(H,18,19,21). The molecule has 2 rings (SSSR count). The van der Waals surface area contributed by atoms with E-state index in [1.54, 1.807) is 18.2 Å². The van der Waals surface area contributed by atoms with Crippen LogP contribution in [0.25, 0.3) is 0 Å². The fourth-order valence-electron chi connectivity index (χ4n) is 1.63. The highest BCUT2D eigenvalue weighted by molar-refractivity contribution is 8.18. The van der Waals surface area contributed by atoms with Gasteiger partial charge < -0.3 is 10.6 Å². The number of hydrogen-bond acceptors (Lipinski definition) is 4. The lowest BCUT2D eigenvalue weighted by molar-refractivity contribution is -0.118. The van der Waals surface area contributed by atoms with Gasteiger partial charge >= 0.3 is 0 Å². The van der Waals surface area contributed by atoms with Gasteiger partial charge in [0.1, 0.15) is 0 Å². The number of rotatable bonds is 3. The third-order valence-electron chi connectivity index (χ3n) is 2.51. The van der Waals surface area contributed by atoms with Crippen molar-refractivity contribution in [1.29, 1.82) is 0 Å². The highest BCUT2D eigenvalue weighted by Crippen LogP contribution is 2.33. The zero-order valence-electron chi connectivity index (χ0n) is 11.8. The Bertz CT molecular complexity index is 666. The number of amides is 2. The molecule has 1 heterocycles. The molecule has 0 bridgehead atoms. The van der Waals surface area contributed by atoms with Crippen molar-refractivity contribution in [3.63, 3.8) is 0 Å². The summed E-state index contributed by atoms with van der Waals surface area (Å²) in [4.78, 5) is 27.5. The molecule has 0 aromatic heterocycles. The number of hydrogen-bond donors (Lipinski definition) is 2. The number of halogens is 2. The van der Waals surface area contributed by atoms with Gasteiger partial charge in [0.05, 0.1) is 20.6 Å². The van der Waals surface area contributed by atoms with Gasteiger partial charge in [-0.1, -0.05) is 29.3 Å². The van der Waals surface area contributed by atoms with E-state index in [4.69, 9.17) is 23.2 Å². The Morgan fingerprint density at radius 3 is 2.55 bits per heavy atom. The molecule has 22 heavy (non-hydrogen) atoms. The average Bonchev–Trinajstić information content (AvgIpc) is 2.73. The first-order chi connectivity index (χ1) is 10.4. The van der Waals surface area contributed by atoms with Crippen LogP contribution >= 0.6 is 35.0 Å². The van der Waals surface area contributed by atoms with Crippen molar-refractivity contribution < 1.29 is 9.59 Å². The summed E-state index contributed by atoms with van der Waals surface area (Å²) >= 11 is 13.2. The Balaban J connectivity index is 2.10. The van der Waals surface area contributed by atoms with E-state index in [-0.39, 0.29) is 16.9 Å². The van der Waals surface area contributed by atoms with Crippen molar-refractivity contribution in [1.82, 2.24) is 5.32 Å². The van der Waals surface area contributed by atoms with Gasteiger partial charge in [0.15, 0.2) is 5.17 Å². The molecule has 0 spiro atoms. The van der Waals surface area contributed by atoms with Crippen LogP contribution in [-0.4, -0.2) is 23.0 Å². The number of anilines is 1. The maximum Gasteiger partial charge on any atom is 0.286 e. The van der Waals surface area contributed by atoms with Gasteiger partial charge in [-0.05, 0) is 37.7 Å². The van der Waals surface area contributed by atoms with Crippen molar-refractivity contribution in [2.24, 2.45) is 4.99 Å². The van der Waals surface area contributed by atoms with E-state index in [1.165, 1.54) is 6.08 Å². The van der Waals surface area contributed by atoms with Crippen molar-refractivity contribution in [3.8, 4) is 0 Å². The number of thioether (sulfide) groups is 1. The van der Waals surface area contributed by atoms with Crippen LogP contribution in [0.15, 0.2) is 34.2 Å². The van der Waals surface area contributed by atoms with Gasteiger partial charge in [-0.3, -0.25) is 9.59 Å². The van der Waals surface area contributed by atoms with Crippen LogP contribution in [0.2, 0.25) is 10.0 Å². The Kier molecular flexibility index (Phi) is 5.50. The molecule has 0 aliphatic carbocycles. The monoisotopic (exact) mass is 357 g/mol. The van der Waals surface area contributed by atoms with Gasteiger partial charge in [0, 0.05) is 12.1 Å². The number of nitrogens with zero attached hydrogens (tertiary/aromatic N) is 1. The second-order valence-corrected chi connectivity index (χ2v) is 6.56. The number of nitrogens with one attached hydrogen (secondary N) is 2. The largest absolute Gasteiger partial charge is 0.350 e. The van der Waals surface area contributed by atoms with Crippen LogP contribution in [0.4, 0.5) is 5.69 Å². The molecule has 0 fully saturated rings. The summed E-state index contributed by atoms with van der Waals surface area (Å²) in [5, 5.41) is 6.74. The van der Waals surface area contributed by atoms with Crippen LogP contribution < -0.4 is 10.6 Å². The first kappa shape index (κ1) is 16.9. The Morgan fingerprint density at radius 1 is 1.32 bits per heavy atom. The lowest BCUT2D eigenvalue weighted by Crippen LogP contribution is -2.28. The second kappa shape index (κ2) is 7.17. The summed E-state index contributed by atoms with van der Waals surface area (Å²) in [6.45, 7) is 3.67. The first-order valence-corrected chi connectivity index (χ1v) is 7.98. The molecule has 0 unspecified atom stereocenters. The molecule has 0 saturated carbocycles. The molecule has 0 saturated heterocycles. The maximum atomic E-state index is 11.8. The topological polar surface area (TPSA) is 70.6 Å². The normalized spacial score (nSPS) is 16.1. The number of para-hydroxylation sites is 1. The molecule has 0 radical (unpaired) electrons. The van der Waals surface area contributed by atoms with Crippen LogP contribution in [0.5, 0.6) is 0 Å². The van der Waals surface area contributed by atoms with Gasteiger partial charge in [-0.2, -0.15) is 4.99 Å². The Hall–Kier alpha value is -1.50. The predicted molar refractivity (Wildman–Crippen MR) is 91.5 cm³/mol. The molecule has 2 amide bonds. The van der Waals surface area contributed by atoms with E-state index < -0.39 is 5.91 Å². The lowest BCUT2D eigenvalue weighted by Gasteiger charge is -2.08. The highest BCUT2D eigenvalue weighted by Gasteiger charge is 2.24. The minimum atomic E-state index is -0.477. The molecule has 0 atom stereocenters. The molecule has 2 N–H and O–H groups in total. The zero-order valence-corrected chi connectivity index (χ0v) is 14.1. The molecule has 1 aliphatic rings. The van der Waals surface area contributed by atoms with Crippen LogP contribution in [0.3, 0.4) is 0 Å². The summed E-state index contributed by atoms with van der Waals surface area (Å²) in [7, 11) is 0. The smallest absolute Gasteiger partial charge is 0.286 e. The van der Waals surface area contributed by atoms with E-state index in [9.17, 15) is 9.59 Å². The van der Waals surface area contributed by atoms with Gasteiger partial charge in [-0.25, -0.2) is 0 Å². The van der Waals surface area contributed by atoms with E-state index in [2.05, 4.69) is 15.6 Å². The summed E-state index contributed by atoms with van der Waals surface area (Å²) in [5.41, 5.74) is 0.470. The third kappa shape index (κ3) is 4.25. The van der Waals surface area contributed by atoms with Crippen molar-refractivity contribution in [2.45, 2.75) is 19.9 Å². The molecule has 5 nitrogen and oxygen atoms in total. The zero-order chi connectivity index (χ0) is 16.3. The fourth-order valence-corrected chi connectivity index (χ4v) is 2.91. The molecule has 1 aromatic carbocycles. The van der Waals surface area contributed by atoms with E-state index in [0.717, 1.165) is 11.8 Å². The SMILES string of the molecule is CC(C)NC(=O)C=C1SC(Nc2c(Cl)cccc2Cl)=NC1=O. The quantitative estimate of drug-likeness (QED) is 0.812.